The second-order valence-electron chi connectivity index (χ2n) is 11.1. The van der Waals surface area contributed by atoms with Crippen LogP contribution < -0.4 is 0 Å². The summed E-state index contributed by atoms with van der Waals surface area (Å²) in [5.41, 5.74) is 11.7. The summed E-state index contributed by atoms with van der Waals surface area (Å²) in [5.74, 6) is 0. The molecule has 0 saturated carbocycles. The molecule has 2 heterocycles. The van der Waals surface area contributed by atoms with Crippen molar-refractivity contribution in [1.29, 1.82) is 0 Å². The first-order chi connectivity index (χ1) is 21.8. The molecule has 0 aliphatic rings. The Labute approximate surface area is 257 Å². The largest absolute Gasteiger partial charge is 0.246 e. The minimum Gasteiger partial charge on any atom is -0.246 e. The topological polar surface area (TPSA) is 25.8 Å². The van der Waals surface area contributed by atoms with Crippen LogP contribution in [0.3, 0.4) is 0 Å². The second kappa shape index (κ2) is 11.1. The van der Waals surface area contributed by atoms with Gasteiger partial charge in [-0.05, 0) is 57.0 Å². The molecule has 0 radical (unpaired) electrons. The number of nitrogens with zero attached hydrogens (tertiary/aromatic N) is 2. The van der Waals surface area contributed by atoms with Crippen LogP contribution in [0.15, 0.2) is 170 Å². The summed E-state index contributed by atoms with van der Waals surface area (Å²) in [7, 11) is 0. The highest BCUT2D eigenvalue weighted by Gasteiger charge is 2.12. The van der Waals surface area contributed by atoms with E-state index in [4.69, 9.17) is 9.97 Å². The number of aromatic nitrogens is 2. The molecule has 2 heteroatoms. The van der Waals surface area contributed by atoms with Gasteiger partial charge in [-0.25, -0.2) is 9.97 Å². The van der Waals surface area contributed by atoms with Gasteiger partial charge in [0.05, 0.1) is 22.6 Å². The van der Waals surface area contributed by atoms with E-state index in [1.54, 1.807) is 0 Å². The highest BCUT2D eigenvalue weighted by Crippen LogP contribution is 2.33. The third kappa shape index (κ3) is 4.93. The summed E-state index contributed by atoms with van der Waals surface area (Å²) in [6.07, 6.45) is 0. The van der Waals surface area contributed by atoms with Crippen LogP contribution in [0.2, 0.25) is 0 Å². The Balaban J connectivity index is 1.26. The van der Waals surface area contributed by atoms with Crippen molar-refractivity contribution < 1.29 is 0 Å². The molecular weight excluding hydrogens is 532 g/mol. The van der Waals surface area contributed by atoms with Crippen molar-refractivity contribution >= 4 is 21.7 Å². The van der Waals surface area contributed by atoms with E-state index >= 15 is 0 Å². The van der Waals surface area contributed by atoms with Crippen LogP contribution >= 0.6 is 0 Å². The third-order valence-electron chi connectivity index (χ3n) is 8.29. The lowest BCUT2D eigenvalue weighted by Gasteiger charge is -2.12. The molecule has 0 bridgehead atoms. The molecule has 0 fully saturated rings. The van der Waals surface area contributed by atoms with E-state index in [1.807, 2.05) is 12.1 Å². The van der Waals surface area contributed by atoms with E-state index in [0.29, 0.717) is 0 Å². The zero-order valence-electron chi connectivity index (χ0n) is 24.1. The monoisotopic (exact) mass is 560 g/mol. The van der Waals surface area contributed by atoms with Crippen molar-refractivity contribution in [3.8, 4) is 56.0 Å². The van der Waals surface area contributed by atoms with Crippen molar-refractivity contribution in [2.45, 2.75) is 0 Å². The van der Waals surface area contributed by atoms with Gasteiger partial charge in [0, 0.05) is 16.3 Å². The first kappa shape index (κ1) is 25.8. The molecular formula is C42H28N2. The predicted molar refractivity (Wildman–Crippen MR) is 184 cm³/mol. The average molecular weight is 561 g/mol. The molecule has 0 aliphatic heterocycles. The van der Waals surface area contributed by atoms with Crippen LogP contribution in [0.4, 0.5) is 0 Å². The zero-order chi connectivity index (χ0) is 29.3. The number of fused-ring (bicyclic) bond motifs is 3. The number of hydrogen-bond donors (Lipinski definition) is 0. The first-order valence-corrected chi connectivity index (χ1v) is 14.9. The molecule has 0 atom stereocenters. The summed E-state index contributed by atoms with van der Waals surface area (Å²) in [5, 5.41) is 3.46. The normalized spacial score (nSPS) is 11.2. The molecule has 44 heavy (non-hydrogen) atoms. The quantitative estimate of drug-likeness (QED) is 0.196. The molecule has 0 aliphatic carbocycles. The highest BCUT2D eigenvalue weighted by molar-refractivity contribution is 6.05. The fraction of sp³-hybridized carbons (Fsp3) is 0. The summed E-state index contributed by atoms with van der Waals surface area (Å²) in [4.78, 5) is 10.4. The Kier molecular flexibility index (Phi) is 6.51. The Morgan fingerprint density at radius 3 is 1.41 bits per heavy atom. The molecule has 206 valence electrons. The van der Waals surface area contributed by atoms with Gasteiger partial charge in [0.25, 0.3) is 0 Å². The van der Waals surface area contributed by atoms with Crippen LogP contribution in [0.25, 0.3) is 77.7 Å². The van der Waals surface area contributed by atoms with Gasteiger partial charge in [-0.3, -0.25) is 0 Å². The van der Waals surface area contributed by atoms with Crippen LogP contribution in [0.1, 0.15) is 0 Å². The Morgan fingerprint density at radius 2 is 0.750 bits per heavy atom. The minimum absolute atomic E-state index is 0.853. The Bertz CT molecular complexity index is 2140. The number of benzene rings is 6. The maximum Gasteiger partial charge on any atom is 0.0900 e. The number of rotatable bonds is 5. The highest BCUT2D eigenvalue weighted by atomic mass is 14.8. The molecule has 0 N–H and O–H groups in total. The molecule has 2 nitrogen and oxygen atoms in total. The van der Waals surface area contributed by atoms with E-state index in [-0.39, 0.29) is 0 Å². The van der Waals surface area contributed by atoms with Gasteiger partial charge in [-0.2, -0.15) is 0 Å². The number of pyridine rings is 2. The Hall–Kier alpha value is -5.86. The molecule has 8 aromatic rings. The fourth-order valence-corrected chi connectivity index (χ4v) is 5.93. The third-order valence-corrected chi connectivity index (χ3v) is 8.29. The molecule has 0 unspecified atom stereocenters. The van der Waals surface area contributed by atoms with Gasteiger partial charge in [-0.1, -0.05) is 152 Å². The summed E-state index contributed by atoms with van der Waals surface area (Å²) in [6.45, 7) is 0. The van der Waals surface area contributed by atoms with Crippen LogP contribution in [-0.4, -0.2) is 9.97 Å². The van der Waals surface area contributed by atoms with Gasteiger partial charge >= 0.3 is 0 Å². The van der Waals surface area contributed by atoms with Gasteiger partial charge in [-0.15, -0.1) is 0 Å². The standard InChI is InChI=1S/C42H28N2/c1-3-9-29(10-4-1)31-15-17-33(18-16-31)37-27-40(35-22-19-32(20-23-35)30-11-5-2-6-12-30)43-41(28-37)39-26-25-36-24-21-34-13-7-8-14-38(34)42(36)44-39/h1-28H. The van der Waals surface area contributed by atoms with Crippen molar-refractivity contribution in [1.82, 2.24) is 9.97 Å². The minimum atomic E-state index is 0.853. The first-order valence-electron chi connectivity index (χ1n) is 14.9. The maximum absolute atomic E-state index is 5.19. The molecule has 2 aromatic heterocycles. The molecule has 6 aromatic carbocycles. The van der Waals surface area contributed by atoms with E-state index in [0.717, 1.165) is 50.1 Å². The predicted octanol–water partition coefficient (Wildman–Crippen LogP) is 11.1. The van der Waals surface area contributed by atoms with E-state index in [9.17, 15) is 0 Å². The summed E-state index contributed by atoms with van der Waals surface area (Å²) >= 11 is 0. The maximum atomic E-state index is 5.19. The molecule has 0 spiro atoms. The van der Waals surface area contributed by atoms with Crippen molar-refractivity contribution in [3.63, 3.8) is 0 Å². The van der Waals surface area contributed by atoms with Gasteiger partial charge in [0.2, 0.25) is 0 Å². The fourth-order valence-electron chi connectivity index (χ4n) is 5.93. The molecule has 0 saturated heterocycles. The van der Waals surface area contributed by atoms with Crippen LogP contribution in [0.5, 0.6) is 0 Å². The lowest BCUT2D eigenvalue weighted by Crippen LogP contribution is -1.94. The van der Waals surface area contributed by atoms with Gasteiger partial charge in [0.1, 0.15) is 0 Å². The molecule has 8 rings (SSSR count). The van der Waals surface area contributed by atoms with Crippen LogP contribution in [-0.2, 0) is 0 Å². The average Bonchev–Trinajstić information content (AvgIpc) is 3.12. The molecule has 0 amide bonds. The Morgan fingerprint density at radius 1 is 0.273 bits per heavy atom. The van der Waals surface area contributed by atoms with Crippen molar-refractivity contribution in [3.05, 3.63) is 170 Å². The summed E-state index contributed by atoms with van der Waals surface area (Å²) in [6, 6.07) is 59.8. The number of hydrogen-bond acceptors (Lipinski definition) is 2. The smallest absolute Gasteiger partial charge is 0.0900 e. The second-order valence-corrected chi connectivity index (χ2v) is 11.1. The van der Waals surface area contributed by atoms with E-state index < -0.39 is 0 Å². The lowest BCUT2D eigenvalue weighted by atomic mass is 9.97. The van der Waals surface area contributed by atoms with Gasteiger partial charge in [0.15, 0.2) is 0 Å². The van der Waals surface area contributed by atoms with E-state index in [2.05, 4.69) is 158 Å². The van der Waals surface area contributed by atoms with Gasteiger partial charge < -0.3 is 0 Å². The van der Waals surface area contributed by atoms with Crippen molar-refractivity contribution in [2.24, 2.45) is 0 Å². The zero-order valence-corrected chi connectivity index (χ0v) is 24.1. The summed E-state index contributed by atoms with van der Waals surface area (Å²) < 4.78 is 0. The van der Waals surface area contributed by atoms with Crippen LogP contribution in [0, 0.1) is 0 Å². The van der Waals surface area contributed by atoms with E-state index in [1.165, 1.54) is 27.6 Å². The van der Waals surface area contributed by atoms with Crippen molar-refractivity contribution in [2.75, 3.05) is 0 Å². The SMILES string of the molecule is c1ccc(-c2ccc(-c3cc(-c4ccc(-c5ccccc5)cc4)nc(-c4ccc5ccc6ccccc6c5n4)c3)cc2)cc1. The lowest BCUT2D eigenvalue weighted by molar-refractivity contribution is 1.28.